The summed E-state index contributed by atoms with van der Waals surface area (Å²) in [7, 11) is 0. The monoisotopic (exact) mass is 348 g/mol. The summed E-state index contributed by atoms with van der Waals surface area (Å²) < 4.78 is 0. The molecular formula is C22H24N2O2. The number of carbonyl (C=O) groups excluding carboxylic acids is 2. The topological polar surface area (TPSA) is 40.6 Å². The summed E-state index contributed by atoms with van der Waals surface area (Å²) in [6.07, 6.45) is 2.18. The van der Waals surface area contributed by atoms with E-state index in [1.807, 2.05) is 24.3 Å². The van der Waals surface area contributed by atoms with Gasteiger partial charge in [0.1, 0.15) is 0 Å². The van der Waals surface area contributed by atoms with Crippen molar-refractivity contribution >= 4 is 22.6 Å². The highest BCUT2D eigenvalue weighted by Crippen LogP contribution is 2.38. The summed E-state index contributed by atoms with van der Waals surface area (Å²) in [6.45, 7) is 7.31. The van der Waals surface area contributed by atoms with E-state index in [4.69, 9.17) is 0 Å². The minimum absolute atomic E-state index is 0.0172. The zero-order valence-corrected chi connectivity index (χ0v) is 15.4. The van der Waals surface area contributed by atoms with Gasteiger partial charge >= 0.3 is 0 Å². The van der Waals surface area contributed by atoms with Gasteiger partial charge < -0.3 is 4.90 Å². The summed E-state index contributed by atoms with van der Waals surface area (Å²) in [4.78, 5) is 30.7. The molecule has 0 aromatic heterocycles. The molecule has 2 amide bonds. The van der Waals surface area contributed by atoms with Gasteiger partial charge in [-0.05, 0) is 60.8 Å². The van der Waals surface area contributed by atoms with Gasteiger partial charge in [-0.3, -0.25) is 14.5 Å². The van der Waals surface area contributed by atoms with E-state index in [-0.39, 0.29) is 17.9 Å². The predicted octanol–water partition coefficient (Wildman–Crippen LogP) is 3.65. The van der Waals surface area contributed by atoms with E-state index in [2.05, 4.69) is 24.8 Å². The third kappa shape index (κ3) is 2.18. The second-order valence-corrected chi connectivity index (χ2v) is 8.31. The van der Waals surface area contributed by atoms with Crippen LogP contribution in [0.4, 0.5) is 0 Å². The Bertz CT molecular complexity index is 925. The van der Waals surface area contributed by atoms with Crippen LogP contribution < -0.4 is 0 Å². The summed E-state index contributed by atoms with van der Waals surface area (Å²) >= 11 is 0. The first kappa shape index (κ1) is 16.0. The van der Waals surface area contributed by atoms with Crippen molar-refractivity contribution < 1.29 is 9.59 Å². The van der Waals surface area contributed by atoms with Crippen LogP contribution in [-0.2, 0) is 0 Å². The van der Waals surface area contributed by atoms with Crippen LogP contribution in [0.3, 0.4) is 0 Å². The predicted molar refractivity (Wildman–Crippen MR) is 101 cm³/mol. The van der Waals surface area contributed by atoms with E-state index in [1.54, 1.807) is 4.90 Å². The van der Waals surface area contributed by atoms with Crippen molar-refractivity contribution in [2.45, 2.75) is 38.6 Å². The normalized spacial score (nSPS) is 27.7. The Kier molecular flexibility index (Phi) is 3.48. The van der Waals surface area contributed by atoms with Crippen molar-refractivity contribution in [3.63, 3.8) is 0 Å². The van der Waals surface area contributed by atoms with Gasteiger partial charge in [0, 0.05) is 23.1 Å². The Hall–Kier alpha value is -2.20. The summed E-state index contributed by atoms with van der Waals surface area (Å²) in [5, 5.41) is 1.84. The minimum atomic E-state index is -0.107. The lowest BCUT2D eigenvalue weighted by molar-refractivity contribution is 0.00881. The van der Waals surface area contributed by atoms with Gasteiger partial charge in [-0.1, -0.05) is 32.0 Å². The van der Waals surface area contributed by atoms with Crippen LogP contribution in [0.2, 0.25) is 0 Å². The number of amides is 2. The molecule has 0 radical (unpaired) electrons. The van der Waals surface area contributed by atoms with E-state index >= 15 is 0 Å². The second-order valence-electron chi connectivity index (χ2n) is 8.31. The lowest BCUT2D eigenvalue weighted by Gasteiger charge is -2.49. The highest BCUT2D eigenvalue weighted by atomic mass is 16.2. The van der Waals surface area contributed by atoms with E-state index in [0.29, 0.717) is 23.0 Å². The van der Waals surface area contributed by atoms with E-state index < -0.39 is 0 Å². The van der Waals surface area contributed by atoms with Crippen LogP contribution >= 0.6 is 0 Å². The lowest BCUT2D eigenvalue weighted by Crippen LogP contribution is -2.60. The van der Waals surface area contributed by atoms with Crippen molar-refractivity contribution in [1.29, 1.82) is 0 Å². The quantitative estimate of drug-likeness (QED) is 0.778. The lowest BCUT2D eigenvalue weighted by atomic mass is 9.81. The average molecular weight is 348 g/mol. The molecule has 4 aliphatic heterocycles. The highest BCUT2D eigenvalue weighted by molar-refractivity contribution is 6.25. The number of nitrogens with zero attached hydrogens (tertiary/aromatic N) is 2. The first-order chi connectivity index (χ1) is 12.5. The van der Waals surface area contributed by atoms with Crippen LogP contribution in [-0.4, -0.2) is 47.3 Å². The molecule has 1 unspecified atom stereocenters. The van der Waals surface area contributed by atoms with Crippen molar-refractivity contribution in [1.82, 2.24) is 9.80 Å². The van der Waals surface area contributed by atoms with Crippen LogP contribution in [0, 0.1) is 5.92 Å². The largest absolute Gasteiger partial charge is 0.301 e. The molecule has 1 atom stereocenters. The molecule has 0 spiro atoms. The molecule has 2 bridgehead atoms. The maximum atomic E-state index is 13.5. The Labute approximate surface area is 153 Å². The van der Waals surface area contributed by atoms with Crippen molar-refractivity contribution in [3.05, 3.63) is 47.0 Å². The maximum absolute atomic E-state index is 13.5. The fourth-order valence-electron chi connectivity index (χ4n) is 5.01. The number of piperidine rings is 3. The zero-order valence-electron chi connectivity index (χ0n) is 15.4. The summed E-state index contributed by atoms with van der Waals surface area (Å²) in [5.74, 6) is 0.584. The Morgan fingerprint density at radius 2 is 1.73 bits per heavy atom. The molecular weight excluding hydrogens is 324 g/mol. The van der Waals surface area contributed by atoms with Gasteiger partial charge in [-0.25, -0.2) is 0 Å². The maximum Gasteiger partial charge on any atom is 0.261 e. The van der Waals surface area contributed by atoms with Gasteiger partial charge in [0.15, 0.2) is 0 Å². The number of hydrogen-bond donors (Lipinski definition) is 0. The number of hydrogen-bond acceptors (Lipinski definition) is 3. The third-order valence-corrected chi connectivity index (χ3v) is 6.52. The molecule has 2 aromatic carbocycles. The van der Waals surface area contributed by atoms with Gasteiger partial charge in [0.05, 0.1) is 6.04 Å². The smallest absolute Gasteiger partial charge is 0.261 e. The zero-order chi connectivity index (χ0) is 18.0. The molecule has 4 heterocycles. The van der Waals surface area contributed by atoms with Gasteiger partial charge in [0.25, 0.3) is 11.8 Å². The van der Waals surface area contributed by atoms with Gasteiger partial charge in [-0.2, -0.15) is 0 Å². The average Bonchev–Trinajstić information content (AvgIpc) is 2.66. The van der Waals surface area contributed by atoms with Crippen LogP contribution in [0.15, 0.2) is 30.3 Å². The molecule has 6 rings (SSSR count). The first-order valence-corrected chi connectivity index (χ1v) is 9.71. The van der Waals surface area contributed by atoms with Crippen molar-refractivity contribution in [3.8, 4) is 0 Å². The van der Waals surface area contributed by atoms with Crippen LogP contribution in [0.1, 0.15) is 58.9 Å². The molecule has 26 heavy (non-hydrogen) atoms. The molecule has 4 heteroatoms. The number of rotatable bonds is 2. The highest BCUT2D eigenvalue weighted by Gasteiger charge is 2.45. The number of fused-ring (bicyclic) bond motifs is 3. The standard InChI is InChI=1S/C22H24N2O2/c1-13(2)16-10-15-4-3-5-17-20(15)18(11-16)22(26)24(21(17)25)19-12-23-8-6-14(19)7-9-23/h3-5,10-11,13-14,19H,6-9,12H2,1-2H3. The summed E-state index contributed by atoms with van der Waals surface area (Å²) in [5.41, 5.74) is 2.54. The Morgan fingerprint density at radius 1 is 1.00 bits per heavy atom. The second kappa shape index (κ2) is 5.65. The molecule has 3 fully saturated rings. The van der Waals surface area contributed by atoms with Crippen molar-refractivity contribution in [2.24, 2.45) is 5.92 Å². The molecule has 4 nitrogen and oxygen atoms in total. The molecule has 0 saturated carbocycles. The van der Waals surface area contributed by atoms with Crippen LogP contribution in [0.25, 0.3) is 10.8 Å². The number of imide groups is 1. The van der Waals surface area contributed by atoms with Gasteiger partial charge in [0.2, 0.25) is 0 Å². The Balaban J connectivity index is 1.67. The minimum Gasteiger partial charge on any atom is -0.301 e. The fraction of sp³-hybridized carbons (Fsp3) is 0.455. The van der Waals surface area contributed by atoms with Gasteiger partial charge in [-0.15, -0.1) is 0 Å². The SMILES string of the molecule is CC(C)c1cc2c3c(cccc3c1)C(=O)N(C1CN3CCC1CC3)C2=O. The van der Waals surface area contributed by atoms with Crippen molar-refractivity contribution in [2.75, 3.05) is 19.6 Å². The first-order valence-electron chi connectivity index (χ1n) is 9.71. The summed E-state index contributed by atoms with van der Waals surface area (Å²) in [6, 6.07) is 9.98. The van der Waals surface area contributed by atoms with E-state index in [0.717, 1.165) is 48.8 Å². The number of benzene rings is 2. The third-order valence-electron chi connectivity index (χ3n) is 6.52. The van der Waals surface area contributed by atoms with E-state index in [1.165, 1.54) is 0 Å². The van der Waals surface area contributed by atoms with E-state index in [9.17, 15) is 9.59 Å². The molecule has 0 N–H and O–H groups in total. The van der Waals surface area contributed by atoms with Crippen LogP contribution in [0.5, 0.6) is 0 Å². The molecule has 0 aliphatic carbocycles. The fourth-order valence-corrected chi connectivity index (χ4v) is 5.01. The molecule has 4 aliphatic rings. The molecule has 134 valence electrons. The molecule has 2 aromatic rings. The molecule has 3 saturated heterocycles. The number of carbonyl (C=O) groups is 2. The Morgan fingerprint density at radius 3 is 2.38 bits per heavy atom.